The molecule has 10 rings (SSSR count). The van der Waals surface area contributed by atoms with Gasteiger partial charge in [0.1, 0.15) is 22.3 Å². The minimum Gasteiger partial charge on any atom is -0.456 e. The summed E-state index contributed by atoms with van der Waals surface area (Å²) in [5.41, 5.74) is 12.0. The fourth-order valence-corrected chi connectivity index (χ4v) is 6.96. The molecule has 0 radical (unpaired) electrons. The zero-order valence-corrected chi connectivity index (χ0v) is 26.7. The van der Waals surface area contributed by atoms with E-state index >= 15 is 0 Å². The second-order valence-electron chi connectivity index (χ2n) is 12.4. The Balaban J connectivity index is 1.18. The average molecular weight is 642 g/mol. The molecule has 6 aromatic carbocycles. The van der Waals surface area contributed by atoms with Crippen LogP contribution in [0, 0.1) is 0 Å². The van der Waals surface area contributed by atoms with Crippen molar-refractivity contribution in [3.8, 4) is 56.3 Å². The Morgan fingerprint density at radius 2 is 1.02 bits per heavy atom. The van der Waals surface area contributed by atoms with Gasteiger partial charge in [-0.1, -0.05) is 109 Å². The molecule has 4 aromatic heterocycles. The van der Waals surface area contributed by atoms with Gasteiger partial charge in [-0.05, 0) is 59.7 Å². The molecular formula is C45H27N3O2. The molecule has 0 spiro atoms. The van der Waals surface area contributed by atoms with Crippen LogP contribution in [-0.4, -0.2) is 15.0 Å². The van der Waals surface area contributed by atoms with E-state index in [1.165, 1.54) is 0 Å². The zero-order valence-electron chi connectivity index (χ0n) is 26.7. The summed E-state index contributed by atoms with van der Waals surface area (Å²) in [4.78, 5) is 14.8. The summed E-state index contributed by atoms with van der Waals surface area (Å²) in [6.07, 6.45) is 1.81. The highest BCUT2D eigenvalue weighted by Crippen LogP contribution is 2.43. The summed E-state index contributed by atoms with van der Waals surface area (Å²) in [7, 11) is 0. The molecule has 0 aliphatic heterocycles. The van der Waals surface area contributed by atoms with Crippen molar-refractivity contribution >= 4 is 43.9 Å². The van der Waals surface area contributed by atoms with Crippen molar-refractivity contribution in [1.29, 1.82) is 0 Å². The highest BCUT2D eigenvalue weighted by molar-refractivity contribution is 6.17. The lowest BCUT2D eigenvalue weighted by atomic mass is 9.95. The fourth-order valence-electron chi connectivity index (χ4n) is 6.96. The second kappa shape index (κ2) is 11.4. The second-order valence-corrected chi connectivity index (χ2v) is 12.4. The first-order chi connectivity index (χ1) is 24.8. The smallest absolute Gasteiger partial charge is 0.160 e. The summed E-state index contributed by atoms with van der Waals surface area (Å²) < 4.78 is 12.9. The number of fused-ring (bicyclic) bond motifs is 6. The molecule has 50 heavy (non-hydrogen) atoms. The number of hydrogen-bond acceptors (Lipinski definition) is 5. The van der Waals surface area contributed by atoms with Crippen molar-refractivity contribution in [2.75, 3.05) is 0 Å². The van der Waals surface area contributed by atoms with Crippen LogP contribution in [0.5, 0.6) is 0 Å². The number of nitrogens with zero attached hydrogens (tertiary/aromatic N) is 3. The standard InChI is InChI=1S/C45H27N3O2/c1-2-10-30(11-3-1)45-47-38(29-19-17-28(18-20-29)37-14-8-9-25-46-37)27-39(48-45)34-23-22-32(43-35-13-5-7-16-41(35)50-44(34)43)31-21-24-42-36(26-31)33-12-4-6-15-40(33)49-42/h1-27H. The molecule has 0 aliphatic carbocycles. The molecular weight excluding hydrogens is 615 g/mol. The normalized spacial score (nSPS) is 11.6. The summed E-state index contributed by atoms with van der Waals surface area (Å²) in [5, 5.41) is 4.29. The molecule has 0 fully saturated rings. The van der Waals surface area contributed by atoms with Gasteiger partial charge in [-0.3, -0.25) is 4.98 Å². The maximum atomic E-state index is 6.71. The first kappa shape index (κ1) is 28.2. The third-order valence-corrected chi connectivity index (χ3v) is 9.39. The van der Waals surface area contributed by atoms with Crippen molar-refractivity contribution < 1.29 is 8.83 Å². The van der Waals surface area contributed by atoms with Crippen LogP contribution in [0.25, 0.3) is 100 Å². The van der Waals surface area contributed by atoms with E-state index in [1.807, 2.05) is 79.0 Å². The summed E-state index contributed by atoms with van der Waals surface area (Å²) in [6, 6.07) is 53.7. The molecule has 5 nitrogen and oxygen atoms in total. The summed E-state index contributed by atoms with van der Waals surface area (Å²) in [5.74, 6) is 0.650. The average Bonchev–Trinajstić information content (AvgIpc) is 3.77. The summed E-state index contributed by atoms with van der Waals surface area (Å²) >= 11 is 0. The van der Waals surface area contributed by atoms with Crippen molar-refractivity contribution in [3.05, 3.63) is 164 Å². The molecule has 0 amide bonds. The van der Waals surface area contributed by atoms with Gasteiger partial charge >= 0.3 is 0 Å². The largest absolute Gasteiger partial charge is 0.456 e. The molecule has 0 saturated heterocycles. The van der Waals surface area contributed by atoms with Crippen LogP contribution in [0.1, 0.15) is 0 Å². The number of pyridine rings is 1. The minimum atomic E-state index is 0.650. The number of aromatic nitrogens is 3. The van der Waals surface area contributed by atoms with Crippen LogP contribution >= 0.6 is 0 Å². The first-order valence-electron chi connectivity index (χ1n) is 16.6. The van der Waals surface area contributed by atoms with E-state index in [0.29, 0.717) is 5.82 Å². The fraction of sp³-hybridized carbons (Fsp3) is 0. The molecule has 0 aliphatic rings. The van der Waals surface area contributed by atoms with Gasteiger partial charge in [0.15, 0.2) is 5.82 Å². The van der Waals surface area contributed by atoms with Crippen molar-refractivity contribution in [2.45, 2.75) is 0 Å². The van der Waals surface area contributed by atoms with E-state index < -0.39 is 0 Å². The molecule has 10 aromatic rings. The predicted octanol–water partition coefficient (Wildman–Crippen LogP) is 12.0. The van der Waals surface area contributed by atoms with Crippen LogP contribution in [0.15, 0.2) is 173 Å². The van der Waals surface area contributed by atoms with Crippen LogP contribution in [0.3, 0.4) is 0 Å². The third-order valence-electron chi connectivity index (χ3n) is 9.39. The number of furan rings is 2. The highest BCUT2D eigenvalue weighted by Gasteiger charge is 2.20. The Hall–Kier alpha value is -6.85. The number of benzene rings is 6. The van der Waals surface area contributed by atoms with Gasteiger partial charge in [0.2, 0.25) is 0 Å². The van der Waals surface area contributed by atoms with E-state index in [1.54, 1.807) is 0 Å². The van der Waals surface area contributed by atoms with Crippen molar-refractivity contribution in [1.82, 2.24) is 15.0 Å². The van der Waals surface area contributed by atoms with E-state index in [-0.39, 0.29) is 0 Å². The number of hydrogen-bond donors (Lipinski definition) is 0. The first-order valence-corrected chi connectivity index (χ1v) is 16.6. The van der Waals surface area contributed by atoms with Crippen LogP contribution in [-0.2, 0) is 0 Å². The minimum absolute atomic E-state index is 0.650. The van der Waals surface area contributed by atoms with Gasteiger partial charge < -0.3 is 8.83 Å². The molecule has 4 heterocycles. The van der Waals surface area contributed by atoms with Gasteiger partial charge in [-0.25, -0.2) is 9.97 Å². The Kier molecular flexibility index (Phi) is 6.42. The number of rotatable bonds is 5. The molecule has 5 heteroatoms. The lowest BCUT2D eigenvalue weighted by molar-refractivity contribution is 0.669. The molecule has 0 unspecified atom stereocenters. The Labute approximate surface area is 287 Å². The van der Waals surface area contributed by atoms with Gasteiger partial charge in [0.25, 0.3) is 0 Å². The van der Waals surface area contributed by atoms with Crippen LogP contribution in [0.2, 0.25) is 0 Å². The van der Waals surface area contributed by atoms with Gasteiger partial charge in [0, 0.05) is 50.0 Å². The quantitative estimate of drug-likeness (QED) is 0.187. The van der Waals surface area contributed by atoms with Gasteiger partial charge in [-0.15, -0.1) is 0 Å². The highest BCUT2D eigenvalue weighted by atomic mass is 16.3. The lowest BCUT2D eigenvalue weighted by Crippen LogP contribution is -1.96. The maximum Gasteiger partial charge on any atom is 0.160 e. The SMILES string of the molecule is c1ccc(-c2nc(-c3ccc(-c4ccccn4)cc3)cc(-c3ccc(-c4ccc5oc6ccccc6c5c4)c4c3oc3ccccc34)n2)cc1. The van der Waals surface area contributed by atoms with Gasteiger partial charge in [-0.2, -0.15) is 0 Å². The molecule has 0 atom stereocenters. The topological polar surface area (TPSA) is 65.0 Å². The summed E-state index contributed by atoms with van der Waals surface area (Å²) in [6.45, 7) is 0. The zero-order chi connectivity index (χ0) is 33.0. The molecule has 0 saturated carbocycles. The molecule has 0 N–H and O–H groups in total. The van der Waals surface area contributed by atoms with E-state index in [4.69, 9.17) is 18.8 Å². The van der Waals surface area contributed by atoms with E-state index in [0.717, 1.165) is 94.3 Å². The Bertz CT molecular complexity index is 2850. The Morgan fingerprint density at radius 3 is 1.82 bits per heavy atom. The molecule has 0 bridgehead atoms. The van der Waals surface area contributed by atoms with Crippen molar-refractivity contribution in [2.24, 2.45) is 0 Å². The predicted molar refractivity (Wildman–Crippen MR) is 202 cm³/mol. The van der Waals surface area contributed by atoms with Crippen LogP contribution < -0.4 is 0 Å². The Morgan fingerprint density at radius 1 is 0.380 bits per heavy atom. The van der Waals surface area contributed by atoms with E-state index in [2.05, 4.69) is 89.9 Å². The number of para-hydroxylation sites is 2. The van der Waals surface area contributed by atoms with Crippen molar-refractivity contribution in [3.63, 3.8) is 0 Å². The lowest BCUT2D eigenvalue weighted by Gasteiger charge is -2.12. The molecule has 234 valence electrons. The van der Waals surface area contributed by atoms with E-state index in [9.17, 15) is 0 Å². The monoisotopic (exact) mass is 641 g/mol. The van der Waals surface area contributed by atoms with Gasteiger partial charge in [0.05, 0.1) is 17.1 Å². The third kappa shape index (κ3) is 4.67. The van der Waals surface area contributed by atoms with Crippen LogP contribution in [0.4, 0.5) is 0 Å². The maximum absolute atomic E-state index is 6.71.